The number of unbranched alkanes of at least 4 members (excludes halogenated alkanes) is 27. The average molecular weight is 872 g/mol. The molecule has 0 aliphatic carbocycles. The van der Waals surface area contributed by atoms with Gasteiger partial charge in [-0.05, 0) is 93.3 Å². The molecule has 5 rings (SSSR count). The molecule has 60 heavy (non-hydrogen) atoms. The largest absolute Gasteiger partial charge is 0.248 e. The van der Waals surface area contributed by atoms with Gasteiger partial charge in [0.2, 0.25) is 0 Å². The van der Waals surface area contributed by atoms with Gasteiger partial charge in [-0.3, -0.25) is 0 Å². The Balaban J connectivity index is 1.18. The first-order chi connectivity index (χ1) is 29.5. The first-order valence-corrected chi connectivity index (χ1v) is 28.2. The molecule has 4 heterocycles. The lowest BCUT2D eigenvalue weighted by Gasteiger charge is -2.14. The van der Waals surface area contributed by atoms with Gasteiger partial charge in [0.05, 0.1) is 25.7 Å². The van der Waals surface area contributed by atoms with Gasteiger partial charge in [0.25, 0.3) is 0 Å². The van der Waals surface area contributed by atoms with Crippen LogP contribution in [0.3, 0.4) is 0 Å². The summed E-state index contributed by atoms with van der Waals surface area (Å²) in [5.41, 5.74) is 7.96. The predicted octanol–water partition coefficient (Wildman–Crippen LogP) is 20.1. The summed E-state index contributed by atoms with van der Waals surface area (Å²) in [6, 6.07) is 5.11. The van der Waals surface area contributed by atoms with E-state index in [0.717, 1.165) is 23.1 Å². The van der Waals surface area contributed by atoms with Crippen LogP contribution in [-0.4, -0.2) is 9.97 Å². The van der Waals surface area contributed by atoms with Crippen LogP contribution in [0, 0.1) is 20.8 Å². The molecule has 4 aromatic heterocycles. The van der Waals surface area contributed by atoms with E-state index < -0.39 is 0 Å². The van der Waals surface area contributed by atoms with Crippen molar-refractivity contribution in [3.05, 3.63) is 44.4 Å². The molecule has 0 aliphatic rings. The zero-order valence-electron chi connectivity index (χ0n) is 39.6. The van der Waals surface area contributed by atoms with E-state index in [4.69, 9.17) is 9.97 Å². The molecule has 0 aliphatic heterocycles. The summed E-state index contributed by atoms with van der Waals surface area (Å²) in [4.78, 5) is 16.2. The van der Waals surface area contributed by atoms with Crippen LogP contribution in [0.15, 0.2) is 12.1 Å². The molecule has 0 N–H and O–H groups in total. The standard InChI is InChI=1S/C55H86N2S3/c1-7-10-13-16-19-20-21-22-23-24-25-26-27-28-29-30-33-36-39-49-43(5)56-52-51(57-49)44(6)59-55(52)50-41-48-46(38-35-32-18-15-12-9-3)45(37-34-31-17-14-11-8-2)47-40-42(4)58-53(47)54(48)60-50/h40-41H,7-39H2,1-6H3. The van der Waals surface area contributed by atoms with E-state index in [9.17, 15) is 0 Å². The second-order valence-electron chi connectivity index (χ2n) is 18.6. The Kier molecular flexibility index (Phi) is 23.0. The van der Waals surface area contributed by atoms with Crippen molar-refractivity contribution in [2.75, 3.05) is 0 Å². The van der Waals surface area contributed by atoms with Crippen LogP contribution in [0.1, 0.15) is 246 Å². The molecule has 2 nitrogen and oxygen atoms in total. The molecule has 0 radical (unpaired) electrons. The average Bonchev–Trinajstić information content (AvgIpc) is 3.95. The Labute approximate surface area is 380 Å². The van der Waals surface area contributed by atoms with Crippen molar-refractivity contribution in [1.82, 2.24) is 9.97 Å². The molecule has 0 fully saturated rings. The molecular formula is C55H86N2S3. The topological polar surface area (TPSA) is 25.8 Å². The van der Waals surface area contributed by atoms with Gasteiger partial charge in [-0.15, -0.1) is 34.0 Å². The number of nitrogens with zero attached hydrogens (tertiary/aromatic N) is 2. The van der Waals surface area contributed by atoms with Crippen molar-refractivity contribution in [2.45, 2.75) is 253 Å². The van der Waals surface area contributed by atoms with E-state index in [1.807, 2.05) is 34.0 Å². The minimum atomic E-state index is 1.06. The normalized spacial score (nSPS) is 12.0. The van der Waals surface area contributed by atoms with E-state index in [0.29, 0.717) is 0 Å². The van der Waals surface area contributed by atoms with Crippen LogP contribution in [-0.2, 0) is 19.3 Å². The van der Waals surface area contributed by atoms with Crippen molar-refractivity contribution in [2.24, 2.45) is 0 Å². The van der Waals surface area contributed by atoms with Gasteiger partial charge in [-0.2, -0.15) is 0 Å². The highest BCUT2D eigenvalue weighted by molar-refractivity contribution is 7.31. The van der Waals surface area contributed by atoms with Gasteiger partial charge in [0.1, 0.15) is 11.0 Å². The fraction of sp³-hybridized carbons (Fsp3) is 0.709. The lowest BCUT2D eigenvalue weighted by Crippen LogP contribution is -1.99. The number of hydrogen-bond donors (Lipinski definition) is 0. The highest BCUT2D eigenvalue weighted by atomic mass is 32.1. The molecule has 0 amide bonds. The second-order valence-corrected chi connectivity index (χ2v) is 22.2. The highest BCUT2D eigenvalue weighted by Gasteiger charge is 2.22. The highest BCUT2D eigenvalue weighted by Crippen LogP contribution is 2.48. The van der Waals surface area contributed by atoms with Gasteiger partial charge >= 0.3 is 0 Å². The van der Waals surface area contributed by atoms with Gasteiger partial charge in [-0.1, -0.05) is 194 Å². The molecular weight excluding hydrogens is 785 g/mol. The predicted molar refractivity (Wildman–Crippen MR) is 274 cm³/mol. The Morgan fingerprint density at radius 2 is 0.800 bits per heavy atom. The maximum absolute atomic E-state index is 5.36. The molecule has 0 spiro atoms. The third-order valence-electron chi connectivity index (χ3n) is 13.3. The van der Waals surface area contributed by atoms with E-state index in [2.05, 4.69) is 53.7 Å². The number of rotatable bonds is 34. The van der Waals surface area contributed by atoms with Crippen molar-refractivity contribution >= 4 is 65.2 Å². The van der Waals surface area contributed by atoms with Crippen LogP contribution in [0.25, 0.3) is 41.0 Å². The number of aryl methyl sites for hydroxylation is 6. The number of thiophene rings is 3. The third kappa shape index (κ3) is 15.2. The number of fused-ring (bicyclic) bond motifs is 4. The molecule has 5 aromatic rings. The lowest BCUT2D eigenvalue weighted by molar-refractivity contribution is 0.525. The fourth-order valence-electron chi connectivity index (χ4n) is 9.67. The van der Waals surface area contributed by atoms with Crippen LogP contribution in [0.4, 0.5) is 0 Å². The molecule has 5 heteroatoms. The Morgan fingerprint density at radius 3 is 1.27 bits per heavy atom. The lowest BCUT2D eigenvalue weighted by atomic mass is 9.91. The first-order valence-electron chi connectivity index (χ1n) is 25.7. The van der Waals surface area contributed by atoms with Crippen LogP contribution >= 0.6 is 34.0 Å². The molecule has 0 unspecified atom stereocenters. The molecule has 0 bridgehead atoms. The van der Waals surface area contributed by atoms with Crippen LogP contribution in [0.2, 0.25) is 0 Å². The van der Waals surface area contributed by atoms with Gasteiger partial charge in [-0.25, -0.2) is 9.97 Å². The summed E-state index contributed by atoms with van der Waals surface area (Å²) in [5, 5.41) is 3.09. The zero-order valence-corrected chi connectivity index (χ0v) is 42.1. The first kappa shape index (κ1) is 49.2. The van der Waals surface area contributed by atoms with Crippen molar-refractivity contribution < 1.29 is 0 Å². The van der Waals surface area contributed by atoms with Crippen LogP contribution in [0.5, 0.6) is 0 Å². The van der Waals surface area contributed by atoms with Gasteiger partial charge in [0.15, 0.2) is 0 Å². The SMILES string of the molecule is CCCCCCCCCCCCCCCCCCCCc1nc2c(C)sc(-c3cc4c(CCCCCCCC)c(CCCCCCCC)c5cc(C)sc5c4s3)c2nc1C. The maximum Gasteiger partial charge on any atom is 0.109 e. The van der Waals surface area contributed by atoms with Crippen molar-refractivity contribution in [1.29, 1.82) is 0 Å². The van der Waals surface area contributed by atoms with E-state index in [-0.39, 0.29) is 0 Å². The quantitative estimate of drug-likeness (QED) is 0.0385. The van der Waals surface area contributed by atoms with Gasteiger partial charge < -0.3 is 0 Å². The maximum atomic E-state index is 5.36. The number of aromatic nitrogens is 2. The van der Waals surface area contributed by atoms with E-state index in [1.165, 1.54) is 245 Å². The molecule has 334 valence electrons. The summed E-state index contributed by atoms with van der Waals surface area (Å²) in [6.45, 7) is 13.8. The molecule has 0 saturated heterocycles. The minimum Gasteiger partial charge on any atom is -0.248 e. The van der Waals surface area contributed by atoms with Crippen molar-refractivity contribution in [3.63, 3.8) is 0 Å². The van der Waals surface area contributed by atoms with E-state index in [1.54, 1.807) is 16.5 Å². The van der Waals surface area contributed by atoms with Crippen molar-refractivity contribution in [3.8, 4) is 9.75 Å². The smallest absolute Gasteiger partial charge is 0.109 e. The molecule has 0 saturated carbocycles. The van der Waals surface area contributed by atoms with Crippen LogP contribution < -0.4 is 0 Å². The summed E-state index contributed by atoms with van der Waals surface area (Å²) >= 11 is 5.98. The molecule has 1 aromatic carbocycles. The zero-order chi connectivity index (χ0) is 42.4. The third-order valence-corrected chi connectivity index (χ3v) is 16.9. The second kappa shape index (κ2) is 28.1. The Hall–Kier alpha value is -1.82. The number of hydrogen-bond acceptors (Lipinski definition) is 5. The monoisotopic (exact) mass is 871 g/mol. The Morgan fingerprint density at radius 1 is 0.400 bits per heavy atom. The minimum absolute atomic E-state index is 1.06. The Bertz CT molecular complexity index is 1940. The summed E-state index contributed by atoms with van der Waals surface area (Å²) in [7, 11) is 0. The number of benzene rings is 1. The van der Waals surface area contributed by atoms with E-state index >= 15 is 0 Å². The summed E-state index contributed by atoms with van der Waals surface area (Å²) in [6.07, 6.45) is 45.2. The fourth-order valence-corrected chi connectivity index (χ4v) is 13.2. The summed E-state index contributed by atoms with van der Waals surface area (Å²) < 4.78 is 3.04. The van der Waals surface area contributed by atoms with Gasteiger partial charge in [0, 0.05) is 14.6 Å². The summed E-state index contributed by atoms with van der Waals surface area (Å²) in [5.74, 6) is 0. The molecule has 0 atom stereocenters.